The molecule has 160 valence electrons. The van der Waals surface area contributed by atoms with Gasteiger partial charge in [0, 0.05) is 42.2 Å². The Hall–Kier alpha value is -3.19. The molecule has 1 aliphatic rings. The van der Waals surface area contributed by atoms with Crippen molar-refractivity contribution in [3.8, 4) is 10.4 Å². The molecule has 0 unspecified atom stereocenters. The van der Waals surface area contributed by atoms with Gasteiger partial charge in [-0.3, -0.25) is 9.79 Å². The van der Waals surface area contributed by atoms with Gasteiger partial charge in [-0.2, -0.15) is 0 Å². The number of oxazole rings is 1. The van der Waals surface area contributed by atoms with E-state index in [0.29, 0.717) is 42.6 Å². The lowest BCUT2D eigenvalue weighted by atomic mass is 10.1. The van der Waals surface area contributed by atoms with Crippen LogP contribution in [0.2, 0.25) is 0 Å². The van der Waals surface area contributed by atoms with Crippen molar-refractivity contribution in [3.63, 3.8) is 0 Å². The summed E-state index contributed by atoms with van der Waals surface area (Å²) in [5.74, 6) is 1.61. The van der Waals surface area contributed by atoms with Gasteiger partial charge in [-0.05, 0) is 29.1 Å². The second-order valence-electron chi connectivity index (χ2n) is 7.77. The lowest BCUT2D eigenvalue weighted by Gasteiger charge is -2.37. The maximum atomic E-state index is 13.0. The predicted molar refractivity (Wildman–Crippen MR) is 125 cm³/mol. The van der Waals surface area contributed by atoms with Crippen LogP contribution < -0.4 is 0 Å². The van der Waals surface area contributed by atoms with Crippen molar-refractivity contribution < 1.29 is 9.21 Å². The second-order valence-corrected chi connectivity index (χ2v) is 8.72. The summed E-state index contributed by atoms with van der Waals surface area (Å²) in [6, 6.07) is 11.9. The summed E-state index contributed by atoms with van der Waals surface area (Å²) >= 11 is 1.69. The van der Waals surface area contributed by atoms with Crippen LogP contribution >= 0.6 is 11.3 Å². The van der Waals surface area contributed by atoms with Crippen molar-refractivity contribution >= 4 is 23.1 Å². The first-order valence-corrected chi connectivity index (χ1v) is 11.2. The molecule has 0 atom stereocenters. The SMILES string of the molecule is C=C1CN(C(=O)c2ccc(-c3cccs3)cc2)CCN1C(=NC)c1coc(C(C)C)n1. The number of piperazine rings is 1. The Morgan fingerprint density at radius 1 is 1.23 bits per heavy atom. The summed E-state index contributed by atoms with van der Waals surface area (Å²) in [5.41, 5.74) is 3.31. The topological polar surface area (TPSA) is 61.9 Å². The Morgan fingerprint density at radius 3 is 2.58 bits per heavy atom. The minimum absolute atomic E-state index is 0.0112. The number of benzene rings is 1. The zero-order valence-corrected chi connectivity index (χ0v) is 18.9. The molecule has 2 aromatic heterocycles. The number of carbonyl (C=O) groups is 1. The number of aromatic nitrogens is 1. The summed E-state index contributed by atoms with van der Waals surface area (Å²) in [5, 5.41) is 2.05. The number of carbonyl (C=O) groups excluding carboxylic acids is 1. The fraction of sp³-hybridized carbons (Fsp3) is 0.292. The Morgan fingerprint density at radius 2 is 2.00 bits per heavy atom. The van der Waals surface area contributed by atoms with E-state index < -0.39 is 0 Å². The Bertz CT molecular complexity index is 1100. The third-order valence-corrected chi connectivity index (χ3v) is 6.20. The molecule has 3 heterocycles. The van der Waals surface area contributed by atoms with Crippen molar-refractivity contribution in [3.05, 3.63) is 77.5 Å². The van der Waals surface area contributed by atoms with Crippen LogP contribution in [0.15, 0.2) is 69.7 Å². The molecular weight excluding hydrogens is 408 g/mol. The molecule has 0 spiro atoms. The minimum atomic E-state index is 0.0112. The van der Waals surface area contributed by atoms with Crippen molar-refractivity contribution in [2.75, 3.05) is 26.7 Å². The highest BCUT2D eigenvalue weighted by molar-refractivity contribution is 7.13. The monoisotopic (exact) mass is 434 g/mol. The van der Waals surface area contributed by atoms with Crippen molar-refractivity contribution in [2.45, 2.75) is 19.8 Å². The van der Waals surface area contributed by atoms with Gasteiger partial charge >= 0.3 is 0 Å². The molecule has 0 bridgehead atoms. The predicted octanol–water partition coefficient (Wildman–Crippen LogP) is 4.87. The number of hydrogen-bond donors (Lipinski definition) is 0. The first kappa shape index (κ1) is 21.1. The number of thiophene rings is 1. The van der Waals surface area contributed by atoms with Gasteiger partial charge in [-0.25, -0.2) is 4.98 Å². The van der Waals surface area contributed by atoms with Crippen molar-refractivity contribution in [1.82, 2.24) is 14.8 Å². The van der Waals surface area contributed by atoms with Crippen LogP contribution in [0.4, 0.5) is 0 Å². The van der Waals surface area contributed by atoms with Crippen LogP contribution in [0.1, 0.15) is 41.7 Å². The van der Waals surface area contributed by atoms with E-state index in [2.05, 4.69) is 28.0 Å². The highest BCUT2D eigenvalue weighted by Gasteiger charge is 2.28. The molecule has 4 rings (SSSR count). The average Bonchev–Trinajstić information content (AvgIpc) is 3.48. The molecule has 7 heteroatoms. The maximum absolute atomic E-state index is 13.0. The van der Waals surface area contributed by atoms with Gasteiger partial charge in [0.1, 0.15) is 12.0 Å². The largest absolute Gasteiger partial charge is 0.448 e. The lowest BCUT2D eigenvalue weighted by Crippen LogP contribution is -2.49. The van der Waals surface area contributed by atoms with E-state index in [9.17, 15) is 4.79 Å². The molecule has 1 fully saturated rings. The molecule has 3 aromatic rings. The smallest absolute Gasteiger partial charge is 0.254 e. The summed E-state index contributed by atoms with van der Waals surface area (Å²) in [6.07, 6.45) is 1.64. The Kier molecular flexibility index (Phi) is 6.04. The quantitative estimate of drug-likeness (QED) is 0.434. The first-order valence-electron chi connectivity index (χ1n) is 10.3. The molecule has 0 aliphatic carbocycles. The van der Waals surface area contributed by atoms with E-state index >= 15 is 0 Å². The molecule has 1 aromatic carbocycles. The normalized spacial score (nSPS) is 15.1. The van der Waals surface area contributed by atoms with Crippen LogP contribution in [0.25, 0.3) is 10.4 Å². The summed E-state index contributed by atoms with van der Waals surface area (Å²) < 4.78 is 5.58. The molecule has 0 N–H and O–H groups in total. The molecule has 6 nitrogen and oxygen atoms in total. The van der Waals surface area contributed by atoms with Gasteiger partial charge in [0.15, 0.2) is 11.7 Å². The summed E-state index contributed by atoms with van der Waals surface area (Å²) in [6.45, 7) is 9.90. The maximum Gasteiger partial charge on any atom is 0.254 e. The fourth-order valence-electron chi connectivity index (χ4n) is 3.62. The molecule has 0 saturated carbocycles. The van der Waals surface area contributed by atoms with Gasteiger partial charge in [0.05, 0.1) is 6.54 Å². The van der Waals surface area contributed by atoms with E-state index in [-0.39, 0.29) is 11.8 Å². The van der Waals surface area contributed by atoms with Crippen molar-refractivity contribution in [2.24, 2.45) is 4.99 Å². The number of rotatable bonds is 4. The Labute approximate surface area is 186 Å². The van der Waals surface area contributed by atoms with Crippen LogP contribution in [0.5, 0.6) is 0 Å². The van der Waals surface area contributed by atoms with E-state index in [4.69, 9.17) is 4.42 Å². The molecule has 0 radical (unpaired) electrons. The van der Waals surface area contributed by atoms with Crippen molar-refractivity contribution in [1.29, 1.82) is 0 Å². The number of amidine groups is 1. The standard InChI is InChI=1S/C24H26N4O2S/c1-16(2)23-26-20(15-30-23)22(25-4)28-12-11-27(14-17(28)3)24(29)19-9-7-18(8-10-19)21-6-5-13-31-21/h5-10,13,15-16H,3,11-12,14H2,1-2,4H3. The van der Waals surface area contributed by atoms with Gasteiger partial charge in [-0.1, -0.05) is 38.6 Å². The molecule has 1 amide bonds. The van der Waals surface area contributed by atoms with Gasteiger partial charge in [0.2, 0.25) is 0 Å². The van der Waals surface area contributed by atoms with Gasteiger partial charge in [-0.15, -0.1) is 11.3 Å². The van der Waals surface area contributed by atoms with Gasteiger partial charge < -0.3 is 14.2 Å². The highest BCUT2D eigenvalue weighted by atomic mass is 32.1. The van der Waals surface area contributed by atoms with Crippen LogP contribution in [-0.2, 0) is 0 Å². The fourth-order valence-corrected chi connectivity index (χ4v) is 4.36. The third kappa shape index (κ3) is 4.32. The van der Waals surface area contributed by atoms with E-state index in [0.717, 1.165) is 11.3 Å². The Balaban J connectivity index is 1.44. The summed E-state index contributed by atoms with van der Waals surface area (Å²) in [7, 11) is 1.74. The first-order chi connectivity index (χ1) is 15.0. The van der Waals surface area contributed by atoms with Crippen LogP contribution in [0.3, 0.4) is 0 Å². The highest BCUT2D eigenvalue weighted by Crippen LogP contribution is 2.25. The van der Waals surface area contributed by atoms with E-state index in [1.165, 1.54) is 4.88 Å². The van der Waals surface area contributed by atoms with E-state index in [1.54, 1.807) is 24.6 Å². The van der Waals surface area contributed by atoms with Gasteiger partial charge in [0.25, 0.3) is 5.91 Å². The third-order valence-electron chi connectivity index (χ3n) is 5.29. The minimum Gasteiger partial charge on any atom is -0.448 e. The van der Waals surface area contributed by atoms with Crippen LogP contribution in [0, 0.1) is 0 Å². The number of nitrogens with zero attached hydrogens (tertiary/aromatic N) is 4. The number of hydrogen-bond acceptors (Lipinski definition) is 5. The number of amides is 1. The van der Waals surface area contributed by atoms with E-state index in [1.807, 2.05) is 54.0 Å². The second kappa shape index (κ2) is 8.89. The molecule has 1 saturated heterocycles. The average molecular weight is 435 g/mol. The molecular formula is C24H26N4O2S. The molecule has 1 aliphatic heterocycles. The summed E-state index contributed by atoms with van der Waals surface area (Å²) in [4.78, 5) is 27.1. The lowest BCUT2D eigenvalue weighted by molar-refractivity contribution is 0.0728. The van der Waals surface area contributed by atoms with Crippen LogP contribution in [-0.4, -0.2) is 53.2 Å². The zero-order valence-electron chi connectivity index (χ0n) is 18.0. The zero-order chi connectivity index (χ0) is 22.0. The molecule has 31 heavy (non-hydrogen) atoms. The number of aliphatic imine (C=N–C) groups is 1.